The highest BCUT2D eigenvalue weighted by atomic mass is 32.2. The number of hydrogen-bond acceptors (Lipinski definition) is 4. The largest absolute Gasteiger partial charge is 0.450 e. The number of hydrogen-bond donors (Lipinski definition) is 0. The lowest BCUT2D eigenvalue weighted by Crippen LogP contribution is -2.51. The number of piperazine rings is 1. The highest BCUT2D eigenvalue weighted by Gasteiger charge is 2.24. The summed E-state index contributed by atoms with van der Waals surface area (Å²) in [5.74, 6) is 0.553. The number of ether oxygens (including phenoxy) is 1. The lowest BCUT2D eigenvalue weighted by Gasteiger charge is -2.34. The molecule has 1 aliphatic rings. The summed E-state index contributed by atoms with van der Waals surface area (Å²) in [6.45, 7) is 6.45. The molecule has 0 spiro atoms. The second kappa shape index (κ2) is 8.08. The van der Waals surface area contributed by atoms with Crippen LogP contribution in [0.5, 0.6) is 0 Å². The molecule has 0 unspecified atom stereocenters. The van der Waals surface area contributed by atoms with E-state index in [2.05, 4.69) is 0 Å². The molecular weight excluding hydrogens is 300 g/mol. The first-order chi connectivity index (χ1) is 10.6. The molecule has 120 valence electrons. The van der Waals surface area contributed by atoms with Crippen LogP contribution in [0.4, 0.5) is 4.79 Å². The molecule has 2 rings (SSSR count). The molecule has 22 heavy (non-hydrogen) atoms. The van der Waals surface area contributed by atoms with E-state index in [1.807, 2.05) is 36.1 Å². The second-order valence-electron chi connectivity index (χ2n) is 5.17. The fourth-order valence-corrected chi connectivity index (χ4v) is 3.03. The maximum Gasteiger partial charge on any atom is 0.409 e. The number of carbonyl (C=O) groups excluding carboxylic acids is 2. The van der Waals surface area contributed by atoms with E-state index in [9.17, 15) is 9.59 Å². The van der Waals surface area contributed by atoms with Crippen molar-refractivity contribution in [1.82, 2.24) is 9.80 Å². The van der Waals surface area contributed by atoms with Crippen molar-refractivity contribution in [3.63, 3.8) is 0 Å². The molecule has 1 aromatic carbocycles. The Labute approximate surface area is 135 Å². The van der Waals surface area contributed by atoms with Gasteiger partial charge in [-0.3, -0.25) is 4.79 Å². The smallest absolute Gasteiger partial charge is 0.409 e. The summed E-state index contributed by atoms with van der Waals surface area (Å²) >= 11 is 1.55. The summed E-state index contributed by atoms with van der Waals surface area (Å²) in [6.07, 6.45) is -0.288. The third-order valence-corrected chi connectivity index (χ3v) is 4.54. The molecule has 1 saturated heterocycles. The molecule has 0 N–H and O–H groups in total. The minimum atomic E-state index is -0.288. The normalized spacial score (nSPS) is 14.8. The van der Waals surface area contributed by atoms with E-state index in [0.29, 0.717) is 38.5 Å². The Morgan fingerprint density at radius 2 is 1.68 bits per heavy atom. The van der Waals surface area contributed by atoms with Crippen LogP contribution in [0.1, 0.15) is 12.5 Å². The summed E-state index contributed by atoms with van der Waals surface area (Å²) < 4.78 is 4.97. The van der Waals surface area contributed by atoms with Gasteiger partial charge in [0, 0.05) is 31.1 Å². The first kappa shape index (κ1) is 16.7. The molecule has 0 aromatic heterocycles. The first-order valence-corrected chi connectivity index (χ1v) is 8.47. The Balaban J connectivity index is 1.75. The minimum absolute atomic E-state index is 0.120. The Morgan fingerprint density at radius 1 is 1.09 bits per heavy atom. The molecular formula is C16H22N2O3S. The highest BCUT2D eigenvalue weighted by Crippen LogP contribution is 2.19. The number of aryl methyl sites for hydroxylation is 1. The van der Waals surface area contributed by atoms with Crippen LogP contribution in [0.2, 0.25) is 0 Å². The van der Waals surface area contributed by atoms with Crippen LogP contribution in [0.3, 0.4) is 0 Å². The zero-order valence-corrected chi connectivity index (χ0v) is 13.9. The van der Waals surface area contributed by atoms with Gasteiger partial charge in [0.2, 0.25) is 5.91 Å². The molecule has 1 aromatic rings. The van der Waals surface area contributed by atoms with E-state index < -0.39 is 0 Å². The van der Waals surface area contributed by atoms with Gasteiger partial charge in [0.05, 0.1) is 12.4 Å². The van der Waals surface area contributed by atoms with Gasteiger partial charge in [-0.1, -0.05) is 17.7 Å². The number of carbonyl (C=O) groups is 2. The van der Waals surface area contributed by atoms with Gasteiger partial charge >= 0.3 is 6.09 Å². The molecule has 1 aliphatic heterocycles. The second-order valence-corrected chi connectivity index (χ2v) is 6.22. The third kappa shape index (κ3) is 4.66. The maximum atomic E-state index is 12.2. The fraction of sp³-hybridized carbons (Fsp3) is 0.500. The molecule has 0 atom stereocenters. The van der Waals surface area contributed by atoms with Crippen LogP contribution in [-0.4, -0.2) is 60.3 Å². The SMILES string of the molecule is CCOC(=O)N1CCN(C(=O)CSc2ccc(C)cc2)CC1. The van der Waals surface area contributed by atoms with Crippen LogP contribution in [0.15, 0.2) is 29.2 Å². The van der Waals surface area contributed by atoms with Gasteiger partial charge in [-0.2, -0.15) is 0 Å². The molecule has 0 bridgehead atoms. The Morgan fingerprint density at radius 3 is 2.27 bits per heavy atom. The molecule has 0 aliphatic carbocycles. The molecule has 6 heteroatoms. The van der Waals surface area contributed by atoms with E-state index in [1.54, 1.807) is 23.6 Å². The highest BCUT2D eigenvalue weighted by molar-refractivity contribution is 8.00. The minimum Gasteiger partial charge on any atom is -0.450 e. The molecule has 0 saturated carbocycles. The standard InChI is InChI=1S/C16H22N2O3S/c1-3-21-16(20)18-10-8-17(9-11-18)15(19)12-22-14-6-4-13(2)5-7-14/h4-7H,3,8-12H2,1-2H3. The van der Waals surface area contributed by atoms with Crippen molar-refractivity contribution >= 4 is 23.8 Å². The van der Waals surface area contributed by atoms with Gasteiger partial charge < -0.3 is 14.5 Å². The van der Waals surface area contributed by atoms with Crippen molar-refractivity contribution in [2.24, 2.45) is 0 Å². The summed E-state index contributed by atoms with van der Waals surface area (Å²) in [7, 11) is 0. The number of amides is 2. The van der Waals surface area contributed by atoms with Crippen molar-refractivity contribution < 1.29 is 14.3 Å². The summed E-state index contributed by atoms with van der Waals surface area (Å²) in [4.78, 5) is 28.4. The van der Waals surface area contributed by atoms with Gasteiger partial charge in [0.25, 0.3) is 0 Å². The molecule has 5 nitrogen and oxygen atoms in total. The summed E-state index contributed by atoms with van der Waals surface area (Å²) in [6, 6.07) is 8.16. The number of thioether (sulfide) groups is 1. The third-order valence-electron chi connectivity index (χ3n) is 3.54. The van der Waals surface area contributed by atoms with Gasteiger partial charge in [0.1, 0.15) is 0 Å². The van der Waals surface area contributed by atoms with Gasteiger partial charge in [0.15, 0.2) is 0 Å². The predicted molar refractivity (Wildman–Crippen MR) is 87.1 cm³/mol. The zero-order valence-electron chi connectivity index (χ0n) is 13.1. The van der Waals surface area contributed by atoms with Crippen LogP contribution in [0.25, 0.3) is 0 Å². The lowest BCUT2D eigenvalue weighted by molar-refractivity contribution is -0.129. The maximum absolute atomic E-state index is 12.2. The monoisotopic (exact) mass is 322 g/mol. The van der Waals surface area contributed by atoms with Crippen molar-refractivity contribution in [1.29, 1.82) is 0 Å². The van der Waals surface area contributed by atoms with Crippen molar-refractivity contribution in [2.45, 2.75) is 18.7 Å². The predicted octanol–water partition coefficient (Wildman–Crippen LogP) is 2.39. The topological polar surface area (TPSA) is 49.9 Å². The lowest BCUT2D eigenvalue weighted by atomic mass is 10.2. The fourth-order valence-electron chi connectivity index (χ4n) is 2.22. The number of benzene rings is 1. The van der Waals surface area contributed by atoms with Crippen LogP contribution in [0, 0.1) is 6.92 Å². The average molecular weight is 322 g/mol. The van der Waals surface area contributed by atoms with Crippen molar-refractivity contribution in [3.05, 3.63) is 29.8 Å². The first-order valence-electron chi connectivity index (χ1n) is 7.49. The average Bonchev–Trinajstić information content (AvgIpc) is 2.54. The summed E-state index contributed by atoms with van der Waals surface area (Å²) in [5.41, 5.74) is 1.21. The van der Waals surface area contributed by atoms with Crippen molar-refractivity contribution in [3.8, 4) is 0 Å². The Bertz CT molecular complexity index is 511. The van der Waals surface area contributed by atoms with Crippen molar-refractivity contribution in [2.75, 3.05) is 38.5 Å². The van der Waals surface area contributed by atoms with Crippen LogP contribution < -0.4 is 0 Å². The van der Waals surface area contributed by atoms with E-state index in [1.165, 1.54) is 5.56 Å². The summed E-state index contributed by atoms with van der Waals surface area (Å²) in [5, 5.41) is 0. The van der Waals surface area contributed by atoms with E-state index in [0.717, 1.165) is 4.90 Å². The van der Waals surface area contributed by atoms with Crippen LogP contribution >= 0.6 is 11.8 Å². The molecule has 1 fully saturated rings. The van der Waals surface area contributed by atoms with E-state index in [-0.39, 0.29) is 12.0 Å². The van der Waals surface area contributed by atoms with E-state index >= 15 is 0 Å². The van der Waals surface area contributed by atoms with E-state index in [4.69, 9.17) is 4.74 Å². The molecule has 0 radical (unpaired) electrons. The quantitative estimate of drug-likeness (QED) is 0.799. The molecule has 2 amide bonds. The van der Waals surface area contributed by atoms with Gasteiger partial charge in [-0.15, -0.1) is 11.8 Å². The van der Waals surface area contributed by atoms with Crippen LogP contribution in [-0.2, 0) is 9.53 Å². The Kier molecular flexibility index (Phi) is 6.12. The number of rotatable bonds is 4. The number of nitrogens with zero attached hydrogens (tertiary/aromatic N) is 2. The van der Waals surface area contributed by atoms with Gasteiger partial charge in [-0.25, -0.2) is 4.79 Å². The molecule has 1 heterocycles. The zero-order chi connectivity index (χ0) is 15.9. The van der Waals surface area contributed by atoms with Gasteiger partial charge in [-0.05, 0) is 26.0 Å². The Hall–Kier alpha value is -1.69.